The van der Waals surface area contributed by atoms with E-state index in [0.717, 1.165) is 27.6 Å². The van der Waals surface area contributed by atoms with Gasteiger partial charge >= 0.3 is 6.09 Å². The number of amides is 1. The van der Waals surface area contributed by atoms with E-state index in [2.05, 4.69) is 9.97 Å². The van der Waals surface area contributed by atoms with Gasteiger partial charge in [0.1, 0.15) is 10.9 Å². The largest absolute Gasteiger partial charge is 0.494 e. The normalized spacial score (nSPS) is 23.9. The van der Waals surface area contributed by atoms with Crippen molar-refractivity contribution in [2.45, 2.75) is 36.5 Å². The highest BCUT2D eigenvalue weighted by molar-refractivity contribution is 7.89. The van der Waals surface area contributed by atoms with E-state index < -0.39 is 32.7 Å². The molecule has 2 aromatic heterocycles. The molecule has 0 aliphatic carbocycles. The van der Waals surface area contributed by atoms with Crippen LogP contribution in [-0.4, -0.2) is 70.8 Å². The van der Waals surface area contributed by atoms with E-state index in [4.69, 9.17) is 4.74 Å². The second kappa shape index (κ2) is 8.49. The number of hydrogen-bond donors (Lipinski definition) is 2. The molecule has 35 heavy (non-hydrogen) atoms. The van der Waals surface area contributed by atoms with Crippen molar-refractivity contribution in [3.05, 3.63) is 59.7 Å². The van der Waals surface area contributed by atoms with Crippen molar-refractivity contribution >= 4 is 27.1 Å². The fraction of sp³-hybridized carbons (Fsp3) is 0.417. The zero-order valence-corrected chi connectivity index (χ0v) is 20.3. The van der Waals surface area contributed by atoms with Crippen molar-refractivity contribution in [2.24, 2.45) is 0 Å². The predicted octanol–water partition coefficient (Wildman–Crippen LogP) is 3.50. The first kappa shape index (κ1) is 23.6. The van der Waals surface area contributed by atoms with E-state index in [9.17, 15) is 22.7 Å². The number of aromatic amines is 1. The molecular formula is C24H27FN4O5S. The topological polar surface area (TPSA) is 116 Å². The molecular weight excluding hydrogens is 475 g/mol. The van der Waals surface area contributed by atoms with Crippen LogP contribution in [0.4, 0.5) is 9.18 Å². The third kappa shape index (κ3) is 3.64. The number of likely N-dealkylation sites (tertiary alicyclic amines) is 1. The number of carboxylic acid groups (broad SMARTS) is 1. The molecule has 5 rings (SSSR count). The van der Waals surface area contributed by atoms with Gasteiger partial charge in [-0.15, -0.1) is 0 Å². The Morgan fingerprint density at radius 1 is 1.29 bits per heavy atom. The molecule has 11 heteroatoms. The van der Waals surface area contributed by atoms with Crippen LogP contribution in [0.5, 0.6) is 5.75 Å². The molecule has 0 spiro atoms. The summed E-state index contributed by atoms with van der Waals surface area (Å²) in [6.45, 7) is 2.03. The molecule has 1 aromatic carbocycles. The number of nitrogens with one attached hydrogen (secondary N) is 1. The van der Waals surface area contributed by atoms with Gasteiger partial charge in [-0.3, -0.25) is 4.90 Å². The van der Waals surface area contributed by atoms with Crippen molar-refractivity contribution in [2.75, 3.05) is 26.7 Å². The molecule has 4 heterocycles. The minimum Gasteiger partial charge on any atom is -0.494 e. The van der Waals surface area contributed by atoms with Crippen molar-refractivity contribution in [1.29, 1.82) is 0 Å². The van der Waals surface area contributed by atoms with Crippen LogP contribution in [0.2, 0.25) is 0 Å². The van der Waals surface area contributed by atoms with Crippen molar-refractivity contribution in [3.63, 3.8) is 0 Å². The molecule has 2 fully saturated rings. The number of ether oxygens (including phenoxy) is 1. The van der Waals surface area contributed by atoms with Crippen LogP contribution in [0.1, 0.15) is 36.8 Å². The zero-order chi connectivity index (χ0) is 25.0. The maximum atomic E-state index is 14.5. The first-order chi connectivity index (χ1) is 16.7. The van der Waals surface area contributed by atoms with Gasteiger partial charge in [-0.2, -0.15) is 0 Å². The lowest BCUT2D eigenvalue weighted by molar-refractivity contribution is 0.0116. The second-order valence-corrected chi connectivity index (χ2v) is 11.4. The van der Waals surface area contributed by atoms with Gasteiger partial charge in [0.2, 0.25) is 10.0 Å². The second-order valence-electron chi connectivity index (χ2n) is 9.24. The van der Waals surface area contributed by atoms with Crippen LogP contribution in [0.15, 0.2) is 42.7 Å². The van der Waals surface area contributed by atoms with Crippen LogP contribution in [0, 0.1) is 5.82 Å². The van der Waals surface area contributed by atoms with Crippen molar-refractivity contribution in [1.82, 2.24) is 19.2 Å². The Hall–Kier alpha value is -3.18. The number of carbonyl (C=O) groups is 1. The van der Waals surface area contributed by atoms with E-state index in [0.29, 0.717) is 25.9 Å². The fourth-order valence-corrected chi connectivity index (χ4v) is 7.76. The standard InChI is InChI=1S/C24H27FN4O5S/c1-24(16-5-6-20(34-2)19(25)12-16)21(14-29(24)23(30)31)35(32,33)28-10-7-15(8-11-28)18-13-27-22-17(18)4-3-9-26-22/h3-6,9,12-13,15,21H,7-8,10-11,14H2,1-2H3,(H,26,27)(H,30,31). The number of pyridine rings is 1. The van der Waals surface area contributed by atoms with E-state index in [1.54, 1.807) is 13.1 Å². The first-order valence-electron chi connectivity index (χ1n) is 11.4. The summed E-state index contributed by atoms with van der Waals surface area (Å²) in [5.74, 6) is -0.473. The van der Waals surface area contributed by atoms with Gasteiger partial charge < -0.3 is 14.8 Å². The molecule has 2 unspecified atom stereocenters. The van der Waals surface area contributed by atoms with E-state index >= 15 is 0 Å². The van der Waals surface area contributed by atoms with Gasteiger partial charge in [-0.05, 0) is 61.1 Å². The Balaban J connectivity index is 1.39. The highest BCUT2D eigenvalue weighted by atomic mass is 32.2. The van der Waals surface area contributed by atoms with Crippen LogP contribution >= 0.6 is 0 Å². The maximum Gasteiger partial charge on any atom is 0.408 e. The Morgan fingerprint density at radius 2 is 2.03 bits per heavy atom. The zero-order valence-electron chi connectivity index (χ0n) is 19.4. The van der Waals surface area contributed by atoms with Crippen LogP contribution in [0.3, 0.4) is 0 Å². The van der Waals surface area contributed by atoms with Gasteiger partial charge in [-0.1, -0.05) is 6.07 Å². The number of piperidine rings is 1. The molecule has 2 atom stereocenters. The molecule has 2 N–H and O–H groups in total. The van der Waals surface area contributed by atoms with Gasteiger partial charge in [0.25, 0.3) is 0 Å². The monoisotopic (exact) mass is 502 g/mol. The van der Waals surface area contributed by atoms with E-state index in [1.807, 2.05) is 18.3 Å². The Kier molecular flexibility index (Phi) is 5.71. The fourth-order valence-electron chi connectivity index (χ4n) is 5.49. The summed E-state index contributed by atoms with van der Waals surface area (Å²) in [6.07, 6.45) is 3.71. The molecule has 2 aliphatic rings. The predicted molar refractivity (Wildman–Crippen MR) is 127 cm³/mol. The molecule has 0 bridgehead atoms. The summed E-state index contributed by atoms with van der Waals surface area (Å²) in [7, 11) is -2.53. The average molecular weight is 503 g/mol. The van der Waals surface area contributed by atoms with Gasteiger partial charge in [-0.25, -0.2) is 26.9 Å². The summed E-state index contributed by atoms with van der Waals surface area (Å²) in [5, 5.41) is 9.73. The molecule has 1 amide bonds. The maximum absolute atomic E-state index is 14.5. The van der Waals surface area contributed by atoms with Gasteiger partial charge in [0.05, 0.1) is 12.6 Å². The number of H-pyrrole nitrogens is 1. The minimum atomic E-state index is -3.86. The van der Waals surface area contributed by atoms with Crippen LogP contribution in [-0.2, 0) is 15.6 Å². The van der Waals surface area contributed by atoms with Crippen molar-refractivity contribution < 1.29 is 27.4 Å². The van der Waals surface area contributed by atoms with Gasteiger partial charge in [0.15, 0.2) is 11.6 Å². The lowest BCUT2D eigenvalue weighted by Crippen LogP contribution is -2.72. The van der Waals surface area contributed by atoms with Crippen molar-refractivity contribution in [3.8, 4) is 5.75 Å². The lowest BCUT2D eigenvalue weighted by atomic mass is 9.79. The summed E-state index contributed by atoms with van der Waals surface area (Å²) in [4.78, 5) is 20.5. The number of aromatic nitrogens is 2. The third-order valence-electron chi connectivity index (χ3n) is 7.60. The Morgan fingerprint density at radius 3 is 2.69 bits per heavy atom. The SMILES string of the molecule is COc1ccc(C2(C)C(S(=O)(=O)N3CCC(c4c[nH]c5ncccc45)CC3)CN2C(=O)O)cc1F. The Labute approximate surface area is 202 Å². The number of rotatable bonds is 5. The summed E-state index contributed by atoms with van der Waals surface area (Å²) in [5.41, 5.74) is 0.795. The number of nitrogens with zero attached hydrogens (tertiary/aromatic N) is 3. The third-order valence-corrected chi connectivity index (χ3v) is 10.0. The lowest BCUT2D eigenvalue weighted by Gasteiger charge is -2.55. The average Bonchev–Trinajstić information content (AvgIpc) is 3.26. The highest BCUT2D eigenvalue weighted by Crippen LogP contribution is 2.46. The van der Waals surface area contributed by atoms with Crippen LogP contribution in [0.25, 0.3) is 11.0 Å². The number of methoxy groups -OCH3 is 1. The molecule has 3 aromatic rings. The molecule has 2 aliphatic heterocycles. The molecule has 0 saturated carbocycles. The molecule has 0 radical (unpaired) electrons. The molecule has 9 nitrogen and oxygen atoms in total. The van der Waals surface area contributed by atoms with E-state index in [-0.39, 0.29) is 23.8 Å². The molecule has 186 valence electrons. The summed E-state index contributed by atoms with van der Waals surface area (Å²) < 4.78 is 48.3. The quantitative estimate of drug-likeness (QED) is 0.552. The van der Waals surface area contributed by atoms with Gasteiger partial charge in [0, 0.05) is 37.4 Å². The summed E-state index contributed by atoms with van der Waals surface area (Å²) >= 11 is 0. The summed E-state index contributed by atoms with van der Waals surface area (Å²) in [6, 6.07) is 7.96. The number of halogens is 1. The number of benzene rings is 1. The van der Waals surface area contributed by atoms with Crippen LogP contribution < -0.4 is 4.74 Å². The number of sulfonamides is 1. The highest BCUT2D eigenvalue weighted by Gasteiger charge is 2.61. The Bertz CT molecular complexity index is 1390. The smallest absolute Gasteiger partial charge is 0.408 e. The molecule has 2 saturated heterocycles. The minimum absolute atomic E-state index is 0.00695. The number of fused-ring (bicyclic) bond motifs is 1. The number of hydrogen-bond acceptors (Lipinski definition) is 5. The first-order valence-corrected chi connectivity index (χ1v) is 12.9. The van der Waals surface area contributed by atoms with E-state index in [1.165, 1.54) is 23.5 Å².